The molecule has 2 aromatic carbocycles. The second-order valence-electron chi connectivity index (χ2n) is 6.27. The molecule has 0 aliphatic heterocycles. The number of halogens is 1. The van der Waals surface area contributed by atoms with Gasteiger partial charge in [0.1, 0.15) is 12.4 Å². The van der Waals surface area contributed by atoms with Crippen LogP contribution in [0.5, 0.6) is 5.88 Å². The van der Waals surface area contributed by atoms with E-state index in [0.29, 0.717) is 24.7 Å². The van der Waals surface area contributed by atoms with E-state index in [1.807, 2.05) is 37.3 Å². The van der Waals surface area contributed by atoms with Gasteiger partial charge in [-0.15, -0.1) is 10.2 Å². The third-order valence-electron chi connectivity index (χ3n) is 4.36. The van der Waals surface area contributed by atoms with Gasteiger partial charge in [-0.25, -0.2) is 4.39 Å². The summed E-state index contributed by atoms with van der Waals surface area (Å²) in [6.07, 6.45) is 0.729. The van der Waals surface area contributed by atoms with Crippen molar-refractivity contribution in [2.24, 2.45) is 0 Å². The summed E-state index contributed by atoms with van der Waals surface area (Å²) < 4.78 is 18.5. The van der Waals surface area contributed by atoms with Crippen molar-refractivity contribution in [3.05, 3.63) is 78.1 Å². The molecule has 3 rings (SSSR count). The van der Waals surface area contributed by atoms with Gasteiger partial charge in [0.25, 0.3) is 0 Å². The van der Waals surface area contributed by atoms with E-state index < -0.39 is 0 Å². The first-order chi connectivity index (χ1) is 13.7. The second kappa shape index (κ2) is 9.60. The number of aromatic nitrogens is 2. The van der Waals surface area contributed by atoms with Crippen LogP contribution in [0.15, 0.2) is 66.7 Å². The zero-order chi connectivity index (χ0) is 19.8. The molecule has 5 nitrogen and oxygen atoms in total. The highest BCUT2D eigenvalue weighted by atomic mass is 19.1. The highest BCUT2D eigenvalue weighted by Gasteiger charge is 2.17. The van der Waals surface area contributed by atoms with Crippen molar-refractivity contribution in [1.82, 2.24) is 15.5 Å². The van der Waals surface area contributed by atoms with Crippen LogP contribution in [0, 0.1) is 5.82 Å². The van der Waals surface area contributed by atoms with Gasteiger partial charge in [-0.3, -0.25) is 4.79 Å². The fourth-order valence-corrected chi connectivity index (χ4v) is 2.88. The average molecular weight is 379 g/mol. The van der Waals surface area contributed by atoms with E-state index in [4.69, 9.17) is 4.74 Å². The van der Waals surface area contributed by atoms with Crippen molar-refractivity contribution in [3.63, 3.8) is 0 Å². The molecule has 1 aromatic heterocycles. The molecule has 0 saturated carbocycles. The third kappa shape index (κ3) is 5.13. The van der Waals surface area contributed by atoms with Gasteiger partial charge < -0.3 is 10.1 Å². The Hall–Kier alpha value is -3.28. The summed E-state index contributed by atoms with van der Waals surface area (Å²) >= 11 is 0. The average Bonchev–Trinajstić information content (AvgIpc) is 2.74. The number of rotatable bonds is 8. The van der Waals surface area contributed by atoms with E-state index in [2.05, 4.69) is 15.5 Å². The van der Waals surface area contributed by atoms with Crippen molar-refractivity contribution in [1.29, 1.82) is 0 Å². The Bertz CT molecular complexity index is 884. The van der Waals surface area contributed by atoms with E-state index >= 15 is 0 Å². The Morgan fingerprint density at radius 3 is 2.43 bits per heavy atom. The minimum Gasteiger partial charge on any atom is -0.475 e. The van der Waals surface area contributed by atoms with Gasteiger partial charge in [-0.1, -0.05) is 37.3 Å². The number of nitrogens with one attached hydrogen (secondary N) is 1. The molecule has 0 saturated heterocycles. The summed E-state index contributed by atoms with van der Waals surface area (Å²) in [5, 5.41) is 11.0. The first kappa shape index (κ1) is 19.5. The van der Waals surface area contributed by atoms with Crippen molar-refractivity contribution >= 4 is 5.91 Å². The normalized spacial score (nSPS) is 11.6. The molecule has 1 amide bonds. The Balaban J connectivity index is 1.47. The molecule has 0 radical (unpaired) electrons. The molecule has 1 N–H and O–H groups in total. The highest BCUT2D eigenvalue weighted by Crippen LogP contribution is 2.19. The van der Waals surface area contributed by atoms with Crippen molar-refractivity contribution in [3.8, 4) is 17.1 Å². The molecule has 1 atom stereocenters. The van der Waals surface area contributed by atoms with Gasteiger partial charge in [0.2, 0.25) is 11.8 Å². The zero-order valence-corrected chi connectivity index (χ0v) is 15.6. The Kier molecular flexibility index (Phi) is 6.68. The molecule has 1 heterocycles. The predicted molar refractivity (Wildman–Crippen MR) is 105 cm³/mol. The van der Waals surface area contributed by atoms with Crippen LogP contribution in [0.2, 0.25) is 0 Å². The zero-order valence-electron chi connectivity index (χ0n) is 15.6. The summed E-state index contributed by atoms with van der Waals surface area (Å²) in [6, 6.07) is 19.2. The first-order valence-corrected chi connectivity index (χ1v) is 9.22. The van der Waals surface area contributed by atoms with E-state index in [0.717, 1.165) is 17.5 Å². The number of benzene rings is 2. The SMILES string of the molecule is CC[C@@H](C(=O)NCCOc1ccc(-c2ccc(F)cc2)nn1)c1ccccc1. The van der Waals surface area contributed by atoms with Gasteiger partial charge in [0, 0.05) is 11.6 Å². The lowest BCUT2D eigenvalue weighted by atomic mass is 9.96. The molecule has 144 valence electrons. The van der Waals surface area contributed by atoms with Crippen LogP contribution < -0.4 is 10.1 Å². The molecule has 0 aliphatic carbocycles. The maximum atomic E-state index is 13.0. The van der Waals surface area contributed by atoms with Crippen LogP contribution >= 0.6 is 0 Å². The van der Waals surface area contributed by atoms with E-state index in [1.165, 1.54) is 12.1 Å². The lowest BCUT2D eigenvalue weighted by Crippen LogP contribution is -2.32. The lowest BCUT2D eigenvalue weighted by Gasteiger charge is -2.15. The maximum Gasteiger partial charge on any atom is 0.233 e. The second-order valence-corrected chi connectivity index (χ2v) is 6.27. The summed E-state index contributed by atoms with van der Waals surface area (Å²) in [4.78, 5) is 12.4. The summed E-state index contributed by atoms with van der Waals surface area (Å²) in [7, 11) is 0. The van der Waals surface area contributed by atoms with Gasteiger partial charge in [-0.2, -0.15) is 0 Å². The van der Waals surface area contributed by atoms with Crippen molar-refractivity contribution in [2.45, 2.75) is 19.3 Å². The molecule has 0 spiro atoms. The molecule has 0 fully saturated rings. The maximum absolute atomic E-state index is 13.0. The molecule has 3 aromatic rings. The topological polar surface area (TPSA) is 64.1 Å². The highest BCUT2D eigenvalue weighted by molar-refractivity contribution is 5.83. The number of ether oxygens (including phenoxy) is 1. The predicted octanol–water partition coefficient (Wildman–Crippen LogP) is 3.97. The number of hydrogen-bond acceptors (Lipinski definition) is 4. The van der Waals surface area contributed by atoms with Gasteiger partial charge in [0.05, 0.1) is 18.2 Å². The summed E-state index contributed by atoms with van der Waals surface area (Å²) in [5.41, 5.74) is 2.42. The van der Waals surface area contributed by atoms with Crippen molar-refractivity contribution < 1.29 is 13.9 Å². The van der Waals surface area contributed by atoms with E-state index in [1.54, 1.807) is 24.3 Å². The van der Waals surface area contributed by atoms with Crippen LogP contribution in [0.1, 0.15) is 24.8 Å². The Morgan fingerprint density at radius 1 is 1.04 bits per heavy atom. The molecule has 6 heteroatoms. The standard InChI is InChI=1S/C22H22FN3O2/c1-2-19(16-6-4-3-5-7-16)22(27)24-14-15-28-21-13-12-20(25-26-21)17-8-10-18(23)11-9-17/h3-13,19H,2,14-15H2,1H3,(H,24,27)/t19-/m1/s1. The molecule has 28 heavy (non-hydrogen) atoms. The largest absolute Gasteiger partial charge is 0.475 e. The van der Waals surface area contributed by atoms with Crippen LogP contribution in [0.25, 0.3) is 11.3 Å². The molecular weight excluding hydrogens is 357 g/mol. The first-order valence-electron chi connectivity index (χ1n) is 9.22. The Labute approximate surface area is 163 Å². The fraction of sp³-hybridized carbons (Fsp3) is 0.227. The smallest absolute Gasteiger partial charge is 0.233 e. The number of carbonyl (C=O) groups excluding carboxylic acids is 1. The van der Waals surface area contributed by atoms with Crippen LogP contribution in [0.3, 0.4) is 0 Å². The van der Waals surface area contributed by atoms with Crippen molar-refractivity contribution in [2.75, 3.05) is 13.2 Å². The minimum absolute atomic E-state index is 0.0185. The summed E-state index contributed by atoms with van der Waals surface area (Å²) in [5.74, 6) is -0.113. The van der Waals surface area contributed by atoms with E-state index in [9.17, 15) is 9.18 Å². The number of carbonyl (C=O) groups is 1. The molecular formula is C22H22FN3O2. The fourth-order valence-electron chi connectivity index (χ4n) is 2.88. The minimum atomic E-state index is -0.295. The van der Waals surface area contributed by atoms with E-state index in [-0.39, 0.29) is 17.6 Å². The van der Waals surface area contributed by atoms with Gasteiger partial charge in [-0.05, 0) is 42.3 Å². The molecule has 0 unspecified atom stereocenters. The van der Waals surface area contributed by atoms with Gasteiger partial charge >= 0.3 is 0 Å². The number of nitrogens with zero attached hydrogens (tertiary/aromatic N) is 2. The third-order valence-corrected chi connectivity index (χ3v) is 4.36. The van der Waals surface area contributed by atoms with Crippen LogP contribution in [0.4, 0.5) is 4.39 Å². The van der Waals surface area contributed by atoms with Gasteiger partial charge in [0.15, 0.2) is 0 Å². The monoisotopic (exact) mass is 379 g/mol. The lowest BCUT2D eigenvalue weighted by molar-refractivity contribution is -0.122. The number of amides is 1. The summed E-state index contributed by atoms with van der Waals surface area (Å²) in [6.45, 7) is 2.66. The molecule has 0 aliphatic rings. The number of hydrogen-bond donors (Lipinski definition) is 1. The molecule has 0 bridgehead atoms. The van der Waals surface area contributed by atoms with Crippen LogP contribution in [-0.4, -0.2) is 29.3 Å². The Morgan fingerprint density at radius 2 is 1.79 bits per heavy atom. The quantitative estimate of drug-likeness (QED) is 0.602. The van der Waals surface area contributed by atoms with Crippen LogP contribution in [-0.2, 0) is 4.79 Å².